The van der Waals surface area contributed by atoms with Crippen LogP contribution in [0.5, 0.6) is 0 Å². The second-order valence-electron chi connectivity index (χ2n) is 5.04. The molecule has 4 nitrogen and oxygen atoms in total. The molecule has 2 rings (SSSR count). The average molecular weight is 325 g/mol. The minimum absolute atomic E-state index is 0.218. The Kier molecular flexibility index (Phi) is 5.16. The smallest absolute Gasteiger partial charge is 0.242 e. The molecule has 2 aromatic rings. The van der Waals surface area contributed by atoms with Crippen LogP contribution in [0.1, 0.15) is 22.9 Å². The SMILES string of the molecule is Cc1csc(CO)c1S(=O)(=O)NC(C)Cc1ccccc1. The van der Waals surface area contributed by atoms with Gasteiger partial charge in [0, 0.05) is 6.04 Å². The van der Waals surface area contributed by atoms with Crippen molar-refractivity contribution in [2.24, 2.45) is 0 Å². The summed E-state index contributed by atoms with van der Waals surface area (Å²) in [5, 5.41) is 11.0. The zero-order chi connectivity index (χ0) is 15.5. The first-order valence-corrected chi connectivity index (χ1v) is 9.04. The summed E-state index contributed by atoms with van der Waals surface area (Å²) in [5.41, 5.74) is 1.75. The molecule has 0 saturated heterocycles. The van der Waals surface area contributed by atoms with E-state index in [1.165, 1.54) is 11.3 Å². The molecule has 0 saturated carbocycles. The van der Waals surface area contributed by atoms with Crippen LogP contribution < -0.4 is 4.72 Å². The number of hydrogen-bond donors (Lipinski definition) is 2. The van der Waals surface area contributed by atoms with Crippen LogP contribution in [0.25, 0.3) is 0 Å². The monoisotopic (exact) mass is 325 g/mol. The Labute approximate surface area is 129 Å². The van der Waals surface area contributed by atoms with E-state index in [1.54, 1.807) is 12.3 Å². The standard InChI is InChI=1S/C15H19NO3S2/c1-11-10-20-14(9-17)15(11)21(18,19)16-12(2)8-13-6-4-3-5-7-13/h3-7,10,12,16-17H,8-9H2,1-2H3. The van der Waals surface area contributed by atoms with Crippen LogP contribution in [-0.4, -0.2) is 19.6 Å². The van der Waals surface area contributed by atoms with Crippen molar-refractivity contribution in [1.29, 1.82) is 0 Å². The molecular formula is C15H19NO3S2. The van der Waals surface area contributed by atoms with E-state index in [4.69, 9.17) is 0 Å². The van der Waals surface area contributed by atoms with Crippen LogP contribution >= 0.6 is 11.3 Å². The Hall–Kier alpha value is -1.21. The number of benzene rings is 1. The van der Waals surface area contributed by atoms with Gasteiger partial charge in [-0.1, -0.05) is 30.3 Å². The van der Waals surface area contributed by atoms with Gasteiger partial charge in [-0.25, -0.2) is 13.1 Å². The van der Waals surface area contributed by atoms with Crippen LogP contribution in [0.3, 0.4) is 0 Å². The topological polar surface area (TPSA) is 66.4 Å². The van der Waals surface area contributed by atoms with E-state index in [0.29, 0.717) is 16.9 Å². The van der Waals surface area contributed by atoms with Gasteiger partial charge in [0.25, 0.3) is 0 Å². The Morgan fingerprint density at radius 1 is 1.29 bits per heavy atom. The Balaban J connectivity index is 2.15. The van der Waals surface area contributed by atoms with Gasteiger partial charge in [0.05, 0.1) is 11.5 Å². The van der Waals surface area contributed by atoms with Crippen LogP contribution in [0.2, 0.25) is 0 Å². The summed E-state index contributed by atoms with van der Waals surface area (Å²) >= 11 is 1.26. The number of sulfonamides is 1. The van der Waals surface area contributed by atoms with Crippen LogP contribution in [-0.2, 0) is 23.1 Å². The van der Waals surface area contributed by atoms with Crippen LogP contribution in [0, 0.1) is 6.92 Å². The molecule has 1 aromatic heterocycles. The molecule has 1 unspecified atom stereocenters. The van der Waals surface area contributed by atoms with E-state index >= 15 is 0 Å². The van der Waals surface area contributed by atoms with E-state index in [9.17, 15) is 13.5 Å². The molecule has 0 spiro atoms. The van der Waals surface area contributed by atoms with Crippen molar-refractivity contribution in [2.75, 3.05) is 0 Å². The summed E-state index contributed by atoms with van der Waals surface area (Å²) < 4.78 is 27.6. The zero-order valence-electron chi connectivity index (χ0n) is 12.0. The van der Waals surface area contributed by atoms with Gasteiger partial charge in [-0.05, 0) is 36.8 Å². The molecular weight excluding hydrogens is 306 g/mol. The van der Waals surface area contributed by atoms with Crippen LogP contribution in [0.15, 0.2) is 40.6 Å². The van der Waals surface area contributed by atoms with Gasteiger partial charge in [-0.15, -0.1) is 11.3 Å². The highest BCUT2D eigenvalue weighted by atomic mass is 32.2. The minimum Gasteiger partial charge on any atom is -0.391 e. The Morgan fingerprint density at radius 3 is 2.57 bits per heavy atom. The third-order valence-electron chi connectivity index (χ3n) is 3.14. The largest absolute Gasteiger partial charge is 0.391 e. The summed E-state index contributed by atoms with van der Waals surface area (Å²) in [6.07, 6.45) is 0.623. The summed E-state index contributed by atoms with van der Waals surface area (Å²) in [6, 6.07) is 9.52. The fourth-order valence-electron chi connectivity index (χ4n) is 2.29. The molecule has 1 heterocycles. The predicted molar refractivity (Wildman–Crippen MR) is 84.9 cm³/mol. The Morgan fingerprint density at radius 2 is 1.95 bits per heavy atom. The lowest BCUT2D eigenvalue weighted by atomic mass is 10.1. The number of aliphatic hydroxyl groups excluding tert-OH is 1. The first-order valence-electron chi connectivity index (χ1n) is 6.68. The molecule has 0 fully saturated rings. The zero-order valence-corrected chi connectivity index (χ0v) is 13.7. The van der Waals surface area contributed by atoms with Gasteiger partial charge in [-0.2, -0.15) is 0 Å². The number of aryl methyl sites for hydroxylation is 1. The summed E-state index contributed by atoms with van der Waals surface area (Å²) in [4.78, 5) is 0.696. The molecule has 0 aliphatic rings. The van der Waals surface area contributed by atoms with Crippen molar-refractivity contribution in [1.82, 2.24) is 4.72 Å². The maximum atomic E-state index is 12.5. The van der Waals surface area contributed by atoms with Gasteiger partial charge >= 0.3 is 0 Å². The maximum Gasteiger partial charge on any atom is 0.242 e. The van der Waals surface area contributed by atoms with Gasteiger partial charge in [0.2, 0.25) is 10.0 Å². The van der Waals surface area contributed by atoms with Crippen LogP contribution in [0.4, 0.5) is 0 Å². The minimum atomic E-state index is -3.61. The lowest BCUT2D eigenvalue weighted by Crippen LogP contribution is -2.34. The fourth-order valence-corrected chi connectivity index (χ4v) is 5.20. The maximum absolute atomic E-state index is 12.5. The van der Waals surface area contributed by atoms with Crippen molar-refractivity contribution < 1.29 is 13.5 Å². The van der Waals surface area contributed by atoms with Gasteiger partial charge in [0.1, 0.15) is 4.90 Å². The molecule has 21 heavy (non-hydrogen) atoms. The van der Waals surface area contributed by atoms with Crippen molar-refractivity contribution in [3.8, 4) is 0 Å². The second-order valence-corrected chi connectivity index (χ2v) is 7.66. The van der Waals surface area contributed by atoms with E-state index in [2.05, 4.69) is 4.72 Å². The molecule has 0 amide bonds. The summed E-state index contributed by atoms with van der Waals surface area (Å²) in [6.45, 7) is 3.32. The first-order chi connectivity index (χ1) is 9.94. The predicted octanol–water partition coefficient (Wildman–Crippen LogP) is 2.46. The highest BCUT2D eigenvalue weighted by Gasteiger charge is 2.24. The van der Waals surface area contributed by atoms with E-state index < -0.39 is 10.0 Å². The van der Waals surface area contributed by atoms with Gasteiger partial charge in [0.15, 0.2) is 0 Å². The van der Waals surface area contributed by atoms with Crippen molar-refractivity contribution in [2.45, 2.75) is 37.8 Å². The highest BCUT2D eigenvalue weighted by Crippen LogP contribution is 2.27. The normalized spacial score (nSPS) is 13.3. The summed E-state index contributed by atoms with van der Waals surface area (Å²) in [5.74, 6) is 0. The Bertz CT molecular complexity index is 693. The molecule has 1 aromatic carbocycles. The lowest BCUT2D eigenvalue weighted by Gasteiger charge is -2.15. The molecule has 0 aliphatic heterocycles. The van der Waals surface area contributed by atoms with Gasteiger partial charge < -0.3 is 5.11 Å². The number of aliphatic hydroxyl groups is 1. The molecule has 1 atom stereocenters. The van der Waals surface area contributed by atoms with E-state index in [0.717, 1.165) is 5.56 Å². The van der Waals surface area contributed by atoms with Crippen molar-refractivity contribution in [3.63, 3.8) is 0 Å². The number of hydrogen-bond acceptors (Lipinski definition) is 4. The molecule has 2 N–H and O–H groups in total. The third-order valence-corrected chi connectivity index (χ3v) is 6.18. The molecule has 114 valence electrons. The van der Waals surface area contributed by atoms with Crippen molar-refractivity contribution in [3.05, 3.63) is 51.7 Å². The third kappa shape index (κ3) is 3.91. The number of thiophene rings is 1. The molecule has 0 radical (unpaired) electrons. The van der Waals surface area contributed by atoms with E-state index in [-0.39, 0.29) is 17.5 Å². The van der Waals surface area contributed by atoms with Crippen molar-refractivity contribution >= 4 is 21.4 Å². The van der Waals surface area contributed by atoms with E-state index in [1.807, 2.05) is 37.3 Å². The average Bonchev–Trinajstić information content (AvgIpc) is 2.81. The molecule has 0 bridgehead atoms. The summed E-state index contributed by atoms with van der Waals surface area (Å²) in [7, 11) is -3.61. The number of nitrogens with one attached hydrogen (secondary N) is 1. The fraction of sp³-hybridized carbons (Fsp3) is 0.333. The highest BCUT2D eigenvalue weighted by molar-refractivity contribution is 7.89. The molecule has 0 aliphatic carbocycles. The second kappa shape index (κ2) is 6.70. The first kappa shape index (κ1) is 16.2. The number of rotatable bonds is 6. The lowest BCUT2D eigenvalue weighted by molar-refractivity contribution is 0.282. The quantitative estimate of drug-likeness (QED) is 0.857. The van der Waals surface area contributed by atoms with Gasteiger partial charge in [-0.3, -0.25) is 0 Å². The molecule has 6 heteroatoms.